The number of para-hydroxylation sites is 1. The smallest absolute Gasteiger partial charge is 0.164 e. The molecule has 0 fully saturated rings. The average molecular weight is 387 g/mol. The third-order valence-electron chi connectivity index (χ3n) is 3.30. The number of hydrogen-bond acceptors (Lipinski definition) is 3. The summed E-state index contributed by atoms with van der Waals surface area (Å²) in [5.74, 6) is 0.740. The summed E-state index contributed by atoms with van der Waals surface area (Å²) in [7, 11) is 0. The monoisotopic (exact) mass is 387 g/mol. The maximum Gasteiger partial charge on any atom is 0.164 e. The molecule has 0 unspecified atom stereocenters. The summed E-state index contributed by atoms with van der Waals surface area (Å²) in [5.41, 5.74) is 2.59. The third-order valence-corrected chi connectivity index (χ3v) is 3.88. The zero-order valence-corrected chi connectivity index (χ0v) is 13.1. The molecule has 2 aromatic carbocycles. The second-order valence-corrected chi connectivity index (χ2v) is 5.74. The fourth-order valence-corrected chi connectivity index (χ4v) is 2.76. The highest BCUT2D eigenvalue weighted by Crippen LogP contribution is 2.31. The van der Waals surface area contributed by atoms with Crippen LogP contribution in [0.2, 0.25) is 0 Å². The van der Waals surface area contributed by atoms with Crippen molar-refractivity contribution in [2.75, 3.05) is 0 Å². The number of fused-ring (bicyclic) bond motifs is 3. The standard InChI is InChI=1S/C17H10INO2/c18-17-8-6-12(20-17)10-19-11-5-7-14-13-3-1-2-4-15(13)21-16(14)9-11/h1-10H. The van der Waals surface area contributed by atoms with Crippen molar-refractivity contribution < 1.29 is 8.83 Å². The van der Waals surface area contributed by atoms with Gasteiger partial charge in [-0.15, -0.1) is 0 Å². The normalized spacial score (nSPS) is 11.9. The molecule has 102 valence electrons. The van der Waals surface area contributed by atoms with Gasteiger partial charge in [-0.05, 0) is 52.9 Å². The van der Waals surface area contributed by atoms with Crippen molar-refractivity contribution in [2.24, 2.45) is 4.99 Å². The second-order valence-electron chi connectivity index (χ2n) is 4.68. The van der Waals surface area contributed by atoms with Gasteiger partial charge in [-0.2, -0.15) is 0 Å². The second kappa shape index (κ2) is 5.04. The van der Waals surface area contributed by atoms with Crippen LogP contribution in [0.4, 0.5) is 5.69 Å². The number of hydrogen-bond donors (Lipinski definition) is 0. The van der Waals surface area contributed by atoms with Crippen LogP contribution in [0.15, 0.2) is 68.4 Å². The average Bonchev–Trinajstić information content (AvgIpc) is 3.07. The number of rotatable bonds is 2. The maximum atomic E-state index is 5.85. The molecule has 3 nitrogen and oxygen atoms in total. The molecule has 0 saturated carbocycles. The lowest BCUT2D eigenvalue weighted by molar-refractivity contribution is 0.531. The van der Waals surface area contributed by atoms with Gasteiger partial charge >= 0.3 is 0 Å². The van der Waals surface area contributed by atoms with Gasteiger partial charge in [0.15, 0.2) is 3.77 Å². The molecule has 0 aliphatic rings. The lowest BCUT2D eigenvalue weighted by atomic mass is 10.1. The first-order valence-electron chi connectivity index (χ1n) is 6.50. The molecule has 4 rings (SSSR count). The van der Waals surface area contributed by atoms with E-state index < -0.39 is 0 Å². The van der Waals surface area contributed by atoms with E-state index in [1.807, 2.05) is 48.5 Å². The summed E-state index contributed by atoms with van der Waals surface area (Å²) in [5, 5.41) is 2.24. The Balaban J connectivity index is 1.76. The van der Waals surface area contributed by atoms with Crippen LogP contribution < -0.4 is 0 Å². The van der Waals surface area contributed by atoms with Gasteiger partial charge in [0.2, 0.25) is 0 Å². The topological polar surface area (TPSA) is 38.6 Å². The van der Waals surface area contributed by atoms with E-state index in [9.17, 15) is 0 Å². The Morgan fingerprint density at radius 3 is 2.57 bits per heavy atom. The van der Waals surface area contributed by atoms with Crippen molar-refractivity contribution in [3.63, 3.8) is 0 Å². The molecule has 4 aromatic rings. The first kappa shape index (κ1) is 12.6. The van der Waals surface area contributed by atoms with Gasteiger partial charge < -0.3 is 8.83 Å². The molecule has 0 amide bonds. The molecule has 0 radical (unpaired) electrons. The Hall–Kier alpha value is -2.08. The summed E-state index contributed by atoms with van der Waals surface area (Å²) in [6, 6.07) is 17.8. The number of aliphatic imine (C=N–C) groups is 1. The fraction of sp³-hybridized carbons (Fsp3) is 0. The molecule has 0 aliphatic heterocycles. The molecule has 4 heteroatoms. The Morgan fingerprint density at radius 1 is 0.857 bits per heavy atom. The molecule has 21 heavy (non-hydrogen) atoms. The maximum absolute atomic E-state index is 5.85. The largest absolute Gasteiger partial charge is 0.456 e. The number of benzene rings is 2. The lowest BCUT2D eigenvalue weighted by Crippen LogP contribution is -1.74. The van der Waals surface area contributed by atoms with Gasteiger partial charge in [-0.3, -0.25) is 4.99 Å². The Kier molecular flexibility index (Phi) is 3.03. The van der Waals surface area contributed by atoms with E-state index in [0.717, 1.165) is 37.2 Å². The summed E-state index contributed by atoms with van der Waals surface area (Å²) >= 11 is 2.13. The Labute approximate surface area is 134 Å². The minimum atomic E-state index is 0.740. The molecule has 0 spiro atoms. The molecular weight excluding hydrogens is 377 g/mol. The highest BCUT2D eigenvalue weighted by Gasteiger charge is 2.06. The van der Waals surface area contributed by atoms with Crippen molar-refractivity contribution >= 4 is 56.4 Å². The van der Waals surface area contributed by atoms with E-state index >= 15 is 0 Å². The third kappa shape index (κ3) is 2.35. The molecular formula is C17H10INO2. The van der Waals surface area contributed by atoms with E-state index in [2.05, 4.69) is 33.6 Å². The summed E-state index contributed by atoms with van der Waals surface area (Å²) in [6.07, 6.45) is 1.71. The van der Waals surface area contributed by atoms with E-state index in [1.54, 1.807) is 6.21 Å². The highest BCUT2D eigenvalue weighted by atomic mass is 127. The van der Waals surface area contributed by atoms with Crippen LogP contribution in [0.1, 0.15) is 5.76 Å². The van der Waals surface area contributed by atoms with E-state index in [0.29, 0.717) is 0 Å². The molecule has 2 heterocycles. The molecule has 0 bridgehead atoms. The minimum Gasteiger partial charge on any atom is -0.456 e. The Morgan fingerprint density at radius 2 is 1.71 bits per heavy atom. The predicted molar refractivity (Wildman–Crippen MR) is 92.4 cm³/mol. The van der Waals surface area contributed by atoms with Crippen LogP contribution in [0, 0.1) is 3.77 Å². The van der Waals surface area contributed by atoms with Crippen LogP contribution in [-0.2, 0) is 0 Å². The zero-order valence-electron chi connectivity index (χ0n) is 10.9. The molecule has 0 atom stereocenters. The van der Waals surface area contributed by atoms with Crippen LogP contribution in [-0.4, -0.2) is 6.21 Å². The van der Waals surface area contributed by atoms with Crippen LogP contribution in [0.5, 0.6) is 0 Å². The molecule has 0 N–H and O–H groups in total. The number of nitrogens with zero attached hydrogens (tertiary/aromatic N) is 1. The quantitative estimate of drug-likeness (QED) is 0.335. The van der Waals surface area contributed by atoms with E-state index in [-0.39, 0.29) is 0 Å². The Bertz CT molecular complexity index is 965. The summed E-state index contributed by atoms with van der Waals surface area (Å²) in [6.45, 7) is 0. The van der Waals surface area contributed by atoms with Gasteiger partial charge in [-0.25, -0.2) is 0 Å². The molecule has 2 aromatic heterocycles. The van der Waals surface area contributed by atoms with Crippen molar-refractivity contribution in [2.45, 2.75) is 0 Å². The number of furan rings is 2. The first-order chi connectivity index (χ1) is 10.3. The number of halogens is 1. The first-order valence-corrected chi connectivity index (χ1v) is 7.58. The fourth-order valence-electron chi connectivity index (χ4n) is 2.33. The van der Waals surface area contributed by atoms with E-state index in [1.165, 1.54) is 0 Å². The van der Waals surface area contributed by atoms with Crippen LogP contribution in [0.3, 0.4) is 0 Å². The minimum absolute atomic E-state index is 0.740. The van der Waals surface area contributed by atoms with Gasteiger partial charge in [0.05, 0.1) is 11.9 Å². The summed E-state index contributed by atoms with van der Waals surface area (Å²) < 4.78 is 12.2. The van der Waals surface area contributed by atoms with E-state index in [4.69, 9.17) is 8.83 Å². The van der Waals surface area contributed by atoms with Crippen molar-refractivity contribution in [1.82, 2.24) is 0 Å². The molecule has 0 aliphatic carbocycles. The van der Waals surface area contributed by atoms with Gasteiger partial charge in [0.1, 0.15) is 16.9 Å². The van der Waals surface area contributed by atoms with Crippen molar-refractivity contribution in [1.29, 1.82) is 0 Å². The molecule has 0 saturated heterocycles. The lowest BCUT2D eigenvalue weighted by Gasteiger charge is -1.93. The van der Waals surface area contributed by atoms with Gasteiger partial charge in [-0.1, -0.05) is 18.2 Å². The predicted octanol–water partition coefficient (Wildman–Crippen LogP) is 5.53. The van der Waals surface area contributed by atoms with Crippen LogP contribution in [0.25, 0.3) is 21.9 Å². The summed E-state index contributed by atoms with van der Waals surface area (Å²) in [4.78, 5) is 4.43. The van der Waals surface area contributed by atoms with Crippen molar-refractivity contribution in [3.05, 3.63) is 64.1 Å². The van der Waals surface area contributed by atoms with Gasteiger partial charge in [0.25, 0.3) is 0 Å². The highest BCUT2D eigenvalue weighted by molar-refractivity contribution is 14.1. The van der Waals surface area contributed by atoms with Crippen LogP contribution >= 0.6 is 22.6 Å². The van der Waals surface area contributed by atoms with Gasteiger partial charge in [0, 0.05) is 16.8 Å². The zero-order chi connectivity index (χ0) is 14.2. The van der Waals surface area contributed by atoms with Crippen molar-refractivity contribution in [3.8, 4) is 0 Å². The SMILES string of the molecule is Ic1ccc(C=Nc2ccc3c(c2)oc2ccccc23)o1.